The van der Waals surface area contributed by atoms with Crippen molar-refractivity contribution in [3.05, 3.63) is 68.7 Å². The van der Waals surface area contributed by atoms with Gasteiger partial charge in [0.25, 0.3) is 0 Å². The van der Waals surface area contributed by atoms with Gasteiger partial charge in [0.15, 0.2) is 0 Å². The van der Waals surface area contributed by atoms with Crippen LogP contribution in [0.1, 0.15) is 22.7 Å². The normalized spacial score (nSPS) is 16.1. The third-order valence-electron chi connectivity index (χ3n) is 4.06. The molecule has 1 unspecified atom stereocenters. The molecule has 2 aromatic rings. The summed E-state index contributed by atoms with van der Waals surface area (Å²) in [5.74, 6) is -0.326. The molecule has 5 heteroatoms. The zero-order chi connectivity index (χ0) is 15.7. The zero-order valence-corrected chi connectivity index (χ0v) is 14.3. The van der Waals surface area contributed by atoms with E-state index in [1.165, 1.54) is 11.1 Å². The molecule has 0 spiro atoms. The van der Waals surface area contributed by atoms with E-state index in [-0.39, 0.29) is 5.91 Å². The maximum Gasteiger partial charge on any atom is 0.239 e. The van der Waals surface area contributed by atoms with Crippen molar-refractivity contribution >= 4 is 33.4 Å². The summed E-state index contributed by atoms with van der Waals surface area (Å²) in [5.41, 5.74) is 8.94. The van der Waals surface area contributed by atoms with Gasteiger partial charge in [0.2, 0.25) is 5.91 Å². The Labute approximate surface area is 143 Å². The molecular weight excluding hydrogens is 364 g/mol. The number of rotatable bonds is 3. The predicted octanol–water partition coefficient (Wildman–Crippen LogP) is 3.69. The Hall–Kier alpha value is -1.36. The van der Waals surface area contributed by atoms with Gasteiger partial charge in [-0.1, -0.05) is 51.8 Å². The van der Waals surface area contributed by atoms with E-state index in [2.05, 4.69) is 26.9 Å². The third-order valence-corrected chi connectivity index (χ3v) is 4.94. The van der Waals surface area contributed by atoms with Gasteiger partial charge in [0, 0.05) is 22.6 Å². The van der Waals surface area contributed by atoms with E-state index in [4.69, 9.17) is 17.3 Å². The number of carbonyl (C=O) groups excluding carboxylic acids is 1. The van der Waals surface area contributed by atoms with E-state index in [0.29, 0.717) is 6.54 Å². The number of nitrogens with two attached hydrogens (primary N) is 1. The number of carbonyl (C=O) groups is 1. The van der Waals surface area contributed by atoms with E-state index in [1.807, 2.05) is 36.4 Å². The van der Waals surface area contributed by atoms with E-state index in [1.54, 1.807) is 0 Å². The van der Waals surface area contributed by atoms with Crippen LogP contribution in [0.3, 0.4) is 0 Å². The standard InChI is InChI=1S/C17H16BrClN2O/c18-13-6-4-11(5-7-13)16(17(20)22)21-9-8-14-12(10-21)2-1-3-15(14)19/h1-7,16H,8-10H2,(H2,20,22). The van der Waals surface area contributed by atoms with E-state index >= 15 is 0 Å². The average Bonchev–Trinajstić information content (AvgIpc) is 2.49. The first kappa shape index (κ1) is 15.5. The lowest BCUT2D eigenvalue weighted by atomic mass is 9.96. The summed E-state index contributed by atoms with van der Waals surface area (Å²) < 4.78 is 0.982. The largest absolute Gasteiger partial charge is 0.368 e. The molecule has 3 nitrogen and oxygen atoms in total. The van der Waals surface area contributed by atoms with Gasteiger partial charge >= 0.3 is 0 Å². The SMILES string of the molecule is NC(=O)C(c1ccc(Br)cc1)N1CCc2c(Cl)cccc2C1. The molecule has 2 aromatic carbocycles. The first-order chi connectivity index (χ1) is 10.6. The highest BCUT2D eigenvalue weighted by Gasteiger charge is 2.29. The Morgan fingerprint density at radius 3 is 2.64 bits per heavy atom. The van der Waals surface area contributed by atoms with Gasteiger partial charge in [-0.15, -0.1) is 0 Å². The van der Waals surface area contributed by atoms with Crippen LogP contribution >= 0.6 is 27.5 Å². The minimum Gasteiger partial charge on any atom is -0.368 e. The van der Waals surface area contributed by atoms with E-state index < -0.39 is 6.04 Å². The number of halogens is 2. The van der Waals surface area contributed by atoms with Crippen LogP contribution in [0.4, 0.5) is 0 Å². The van der Waals surface area contributed by atoms with Gasteiger partial charge in [-0.05, 0) is 41.3 Å². The molecule has 1 amide bonds. The molecule has 2 N–H and O–H groups in total. The molecule has 1 heterocycles. The van der Waals surface area contributed by atoms with Crippen LogP contribution in [0.15, 0.2) is 46.9 Å². The molecule has 1 aliphatic heterocycles. The summed E-state index contributed by atoms with van der Waals surface area (Å²) in [6.07, 6.45) is 0.829. The summed E-state index contributed by atoms with van der Waals surface area (Å²) >= 11 is 9.66. The van der Waals surface area contributed by atoms with Gasteiger partial charge < -0.3 is 5.73 Å². The second kappa shape index (κ2) is 6.41. The smallest absolute Gasteiger partial charge is 0.239 e. The molecule has 0 aliphatic carbocycles. The molecule has 0 aromatic heterocycles. The number of nitrogens with zero attached hydrogens (tertiary/aromatic N) is 1. The second-order valence-corrected chi connectivity index (χ2v) is 6.78. The number of hydrogen-bond acceptors (Lipinski definition) is 2. The summed E-state index contributed by atoms with van der Waals surface area (Å²) in [4.78, 5) is 14.1. The number of amides is 1. The molecule has 0 saturated carbocycles. The Morgan fingerprint density at radius 2 is 1.95 bits per heavy atom. The van der Waals surface area contributed by atoms with Crippen molar-refractivity contribution in [3.63, 3.8) is 0 Å². The Bertz CT molecular complexity index is 702. The topological polar surface area (TPSA) is 46.3 Å². The van der Waals surface area contributed by atoms with Crippen molar-refractivity contribution in [2.24, 2.45) is 5.73 Å². The molecule has 0 bridgehead atoms. The van der Waals surface area contributed by atoms with Crippen molar-refractivity contribution in [3.8, 4) is 0 Å². The Balaban J connectivity index is 1.91. The van der Waals surface area contributed by atoms with E-state index in [0.717, 1.165) is 28.0 Å². The Morgan fingerprint density at radius 1 is 1.23 bits per heavy atom. The van der Waals surface area contributed by atoms with Crippen molar-refractivity contribution < 1.29 is 4.79 Å². The molecule has 0 radical (unpaired) electrons. The maximum atomic E-state index is 12.0. The highest BCUT2D eigenvalue weighted by atomic mass is 79.9. The van der Waals surface area contributed by atoms with Gasteiger partial charge in [0.1, 0.15) is 6.04 Å². The lowest BCUT2D eigenvalue weighted by molar-refractivity contribution is -0.123. The monoisotopic (exact) mass is 378 g/mol. The lowest BCUT2D eigenvalue weighted by Crippen LogP contribution is -2.40. The predicted molar refractivity (Wildman–Crippen MR) is 91.6 cm³/mol. The fraction of sp³-hybridized carbons (Fsp3) is 0.235. The third kappa shape index (κ3) is 3.05. The van der Waals surface area contributed by atoms with Crippen molar-refractivity contribution in [2.75, 3.05) is 6.54 Å². The molecule has 0 fully saturated rings. The van der Waals surface area contributed by atoms with Crippen LogP contribution in [0.2, 0.25) is 5.02 Å². The number of benzene rings is 2. The molecule has 0 saturated heterocycles. The van der Waals surface area contributed by atoms with E-state index in [9.17, 15) is 4.79 Å². The molecule has 1 atom stereocenters. The first-order valence-corrected chi connectivity index (χ1v) is 8.28. The molecular formula is C17H16BrClN2O. The molecule has 1 aliphatic rings. The highest BCUT2D eigenvalue weighted by Crippen LogP contribution is 2.31. The minimum absolute atomic E-state index is 0.326. The van der Waals surface area contributed by atoms with Gasteiger partial charge in [0.05, 0.1) is 0 Å². The van der Waals surface area contributed by atoms with Crippen LogP contribution in [0, 0.1) is 0 Å². The summed E-state index contributed by atoms with van der Waals surface area (Å²) in [5, 5.41) is 0.802. The van der Waals surface area contributed by atoms with Gasteiger partial charge in [-0.2, -0.15) is 0 Å². The average molecular weight is 380 g/mol. The fourth-order valence-corrected chi connectivity index (χ4v) is 3.56. The van der Waals surface area contributed by atoms with Gasteiger partial charge in [-0.3, -0.25) is 9.69 Å². The fourth-order valence-electron chi connectivity index (χ4n) is 3.01. The minimum atomic E-state index is -0.416. The maximum absolute atomic E-state index is 12.0. The summed E-state index contributed by atoms with van der Waals surface area (Å²) in [6.45, 7) is 1.44. The number of primary amides is 1. The number of hydrogen-bond donors (Lipinski definition) is 1. The summed E-state index contributed by atoms with van der Waals surface area (Å²) in [6, 6.07) is 13.2. The van der Waals surface area contributed by atoms with Crippen molar-refractivity contribution in [1.29, 1.82) is 0 Å². The van der Waals surface area contributed by atoms with Crippen molar-refractivity contribution in [2.45, 2.75) is 19.0 Å². The zero-order valence-electron chi connectivity index (χ0n) is 11.9. The first-order valence-electron chi connectivity index (χ1n) is 7.11. The highest BCUT2D eigenvalue weighted by molar-refractivity contribution is 9.10. The lowest BCUT2D eigenvalue weighted by Gasteiger charge is -2.34. The molecule has 114 valence electrons. The van der Waals surface area contributed by atoms with Crippen LogP contribution in [0.5, 0.6) is 0 Å². The van der Waals surface area contributed by atoms with Gasteiger partial charge in [-0.25, -0.2) is 0 Å². The molecule has 3 rings (SSSR count). The molecule has 22 heavy (non-hydrogen) atoms. The van der Waals surface area contributed by atoms with Crippen LogP contribution < -0.4 is 5.73 Å². The quantitative estimate of drug-likeness (QED) is 0.884. The van der Waals surface area contributed by atoms with Crippen LogP contribution in [0.25, 0.3) is 0 Å². The summed E-state index contributed by atoms with van der Waals surface area (Å²) in [7, 11) is 0. The van der Waals surface area contributed by atoms with Crippen LogP contribution in [-0.2, 0) is 17.8 Å². The number of fused-ring (bicyclic) bond motifs is 1. The Kier molecular flexibility index (Phi) is 4.52. The van der Waals surface area contributed by atoms with Crippen molar-refractivity contribution in [1.82, 2.24) is 4.90 Å². The van der Waals surface area contributed by atoms with Crippen LogP contribution in [-0.4, -0.2) is 17.4 Å². The second-order valence-electron chi connectivity index (χ2n) is 5.45.